The van der Waals surface area contributed by atoms with Crippen LogP contribution >= 0.6 is 15.9 Å². The largest absolute Gasteiger partial charge is 0.330 e. The fourth-order valence-electron chi connectivity index (χ4n) is 1.38. The van der Waals surface area contributed by atoms with E-state index in [9.17, 15) is 8.42 Å². The van der Waals surface area contributed by atoms with Gasteiger partial charge in [0, 0.05) is 11.0 Å². The zero-order valence-electron chi connectivity index (χ0n) is 9.74. The number of hydrogen-bond acceptors (Lipinski definition) is 3. The molecule has 0 spiro atoms. The lowest BCUT2D eigenvalue weighted by atomic mass is 10.2. The first-order chi connectivity index (χ1) is 7.99. The van der Waals surface area contributed by atoms with Crippen molar-refractivity contribution in [2.75, 3.05) is 13.1 Å². The van der Waals surface area contributed by atoms with Crippen molar-refractivity contribution in [1.82, 2.24) is 4.72 Å². The van der Waals surface area contributed by atoms with Crippen molar-refractivity contribution in [3.63, 3.8) is 0 Å². The number of sulfonamides is 1. The number of benzene rings is 1. The maximum atomic E-state index is 12.0. The van der Waals surface area contributed by atoms with E-state index in [0.29, 0.717) is 17.6 Å². The summed E-state index contributed by atoms with van der Waals surface area (Å²) in [4.78, 5) is 0.283. The molecule has 0 saturated heterocycles. The number of unbranched alkanes of at least 4 members (excludes halogenated alkanes) is 1. The lowest BCUT2D eigenvalue weighted by Crippen LogP contribution is -2.25. The molecule has 0 atom stereocenters. The Balaban J connectivity index is 2.79. The summed E-state index contributed by atoms with van der Waals surface area (Å²) in [5, 5.41) is 0. The summed E-state index contributed by atoms with van der Waals surface area (Å²) in [5.74, 6) is 0. The minimum Gasteiger partial charge on any atom is -0.330 e. The third-order valence-electron chi connectivity index (χ3n) is 2.37. The minimum absolute atomic E-state index is 0.283. The van der Waals surface area contributed by atoms with E-state index in [1.807, 2.05) is 13.0 Å². The molecule has 4 nitrogen and oxygen atoms in total. The van der Waals surface area contributed by atoms with Crippen LogP contribution in [0.4, 0.5) is 0 Å². The van der Waals surface area contributed by atoms with E-state index in [1.54, 1.807) is 12.1 Å². The van der Waals surface area contributed by atoms with Crippen LogP contribution in [-0.2, 0) is 10.0 Å². The molecule has 0 aliphatic rings. The van der Waals surface area contributed by atoms with Crippen molar-refractivity contribution in [3.05, 3.63) is 28.2 Å². The fourth-order valence-corrected chi connectivity index (χ4v) is 3.51. The highest BCUT2D eigenvalue weighted by Crippen LogP contribution is 2.24. The Hall–Kier alpha value is -0.430. The van der Waals surface area contributed by atoms with E-state index in [0.717, 1.165) is 18.4 Å². The average Bonchev–Trinajstić information content (AvgIpc) is 2.28. The summed E-state index contributed by atoms with van der Waals surface area (Å²) in [5.41, 5.74) is 6.25. The molecular formula is C11H17BrN2O2S. The predicted molar refractivity (Wildman–Crippen MR) is 72.4 cm³/mol. The molecule has 0 heterocycles. The molecule has 0 unspecified atom stereocenters. The second-order valence-corrected chi connectivity index (χ2v) is 6.31. The van der Waals surface area contributed by atoms with Crippen molar-refractivity contribution >= 4 is 26.0 Å². The van der Waals surface area contributed by atoms with Gasteiger partial charge in [0.1, 0.15) is 0 Å². The fraction of sp³-hybridized carbons (Fsp3) is 0.455. The molecule has 0 aromatic heterocycles. The number of rotatable bonds is 6. The van der Waals surface area contributed by atoms with Crippen molar-refractivity contribution in [1.29, 1.82) is 0 Å². The number of halogens is 1. The molecule has 0 aliphatic carbocycles. The molecular weight excluding hydrogens is 304 g/mol. The highest BCUT2D eigenvalue weighted by Gasteiger charge is 2.17. The molecule has 17 heavy (non-hydrogen) atoms. The molecule has 96 valence electrons. The van der Waals surface area contributed by atoms with Gasteiger partial charge in [0.05, 0.1) is 4.90 Å². The van der Waals surface area contributed by atoms with Gasteiger partial charge >= 0.3 is 0 Å². The maximum absolute atomic E-state index is 12.0. The Morgan fingerprint density at radius 1 is 1.35 bits per heavy atom. The van der Waals surface area contributed by atoms with Crippen LogP contribution in [0, 0.1) is 6.92 Å². The van der Waals surface area contributed by atoms with Crippen LogP contribution < -0.4 is 10.5 Å². The molecule has 0 fully saturated rings. The van der Waals surface area contributed by atoms with Crippen LogP contribution in [0.15, 0.2) is 27.6 Å². The first-order valence-electron chi connectivity index (χ1n) is 5.44. The first-order valence-corrected chi connectivity index (χ1v) is 7.71. The number of nitrogens with two attached hydrogens (primary N) is 1. The molecule has 1 aromatic carbocycles. The Morgan fingerprint density at radius 3 is 2.71 bits per heavy atom. The lowest BCUT2D eigenvalue weighted by molar-refractivity contribution is 0.576. The van der Waals surface area contributed by atoms with Gasteiger partial charge in [-0.1, -0.05) is 12.1 Å². The van der Waals surface area contributed by atoms with Crippen molar-refractivity contribution in [2.24, 2.45) is 5.73 Å². The number of nitrogens with one attached hydrogen (secondary N) is 1. The molecule has 6 heteroatoms. The second kappa shape index (κ2) is 6.49. The highest BCUT2D eigenvalue weighted by molar-refractivity contribution is 9.10. The van der Waals surface area contributed by atoms with Crippen LogP contribution in [-0.4, -0.2) is 21.5 Å². The summed E-state index contributed by atoms with van der Waals surface area (Å²) in [6.07, 6.45) is 1.57. The summed E-state index contributed by atoms with van der Waals surface area (Å²) >= 11 is 3.30. The maximum Gasteiger partial charge on any atom is 0.241 e. The SMILES string of the molecule is Cc1cccc(S(=O)(=O)NCCCCN)c1Br. The average molecular weight is 321 g/mol. The third-order valence-corrected chi connectivity index (χ3v) is 5.19. The summed E-state index contributed by atoms with van der Waals surface area (Å²) < 4.78 is 27.2. The molecule has 1 rings (SSSR count). The number of hydrogen-bond donors (Lipinski definition) is 2. The summed E-state index contributed by atoms with van der Waals surface area (Å²) in [7, 11) is -3.43. The van der Waals surface area contributed by atoms with Crippen molar-refractivity contribution in [2.45, 2.75) is 24.7 Å². The van der Waals surface area contributed by atoms with Gasteiger partial charge < -0.3 is 5.73 Å². The van der Waals surface area contributed by atoms with E-state index in [1.165, 1.54) is 0 Å². The molecule has 1 aromatic rings. The second-order valence-electron chi connectivity index (χ2n) is 3.78. The normalized spacial score (nSPS) is 11.7. The summed E-state index contributed by atoms with van der Waals surface area (Å²) in [6.45, 7) is 2.85. The monoisotopic (exact) mass is 320 g/mol. The Morgan fingerprint density at radius 2 is 2.06 bits per heavy atom. The van der Waals surface area contributed by atoms with Gasteiger partial charge in [-0.25, -0.2) is 13.1 Å². The zero-order chi connectivity index (χ0) is 12.9. The highest BCUT2D eigenvalue weighted by atomic mass is 79.9. The van der Waals surface area contributed by atoms with Gasteiger partial charge in [0.25, 0.3) is 0 Å². The Bertz CT molecular complexity index is 474. The molecule has 3 N–H and O–H groups in total. The van der Waals surface area contributed by atoms with Gasteiger partial charge in [-0.15, -0.1) is 0 Å². The van der Waals surface area contributed by atoms with Crippen LogP contribution in [0.3, 0.4) is 0 Å². The van der Waals surface area contributed by atoms with Crippen molar-refractivity contribution in [3.8, 4) is 0 Å². The third kappa shape index (κ3) is 4.06. The number of aryl methyl sites for hydroxylation is 1. The van der Waals surface area contributed by atoms with Gasteiger partial charge in [-0.05, 0) is 53.9 Å². The Labute approximate surface area is 111 Å². The van der Waals surface area contributed by atoms with Gasteiger partial charge in [0.2, 0.25) is 10.0 Å². The van der Waals surface area contributed by atoms with Crippen LogP contribution in [0.25, 0.3) is 0 Å². The van der Waals surface area contributed by atoms with Crippen LogP contribution in [0.5, 0.6) is 0 Å². The molecule has 0 saturated carbocycles. The van der Waals surface area contributed by atoms with Crippen LogP contribution in [0.2, 0.25) is 0 Å². The van der Waals surface area contributed by atoms with E-state index in [2.05, 4.69) is 20.7 Å². The Kier molecular flexibility index (Phi) is 5.58. The predicted octanol–water partition coefficient (Wildman–Crippen LogP) is 1.77. The molecule has 0 aliphatic heterocycles. The molecule has 0 bridgehead atoms. The minimum atomic E-state index is -3.43. The van der Waals surface area contributed by atoms with E-state index in [4.69, 9.17) is 5.73 Å². The van der Waals surface area contributed by atoms with Crippen LogP contribution in [0.1, 0.15) is 18.4 Å². The van der Waals surface area contributed by atoms with E-state index >= 15 is 0 Å². The molecule has 0 radical (unpaired) electrons. The smallest absolute Gasteiger partial charge is 0.241 e. The van der Waals surface area contributed by atoms with E-state index in [-0.39, 0.29) is 4.90 Å². The zero-order valence-corrected chi connectivity index (χ0v) is 12.1. The van der Waals surface area contributed by atoms with Crippen molar-refractivity contribution < 1.29 is 8.42 Å². The topological polar surface area (TPSA) is 72.2 Å². The van der Waals surface area contributed by atoms with E-state index < -0.39 is 10.0 Å². The quantitative estimate of drug-likeness (QED) is 0.785. The lowest BCUT2D eigenvalue weighted by Gasteiger charge is -2.09. The van der Waals surface area contributed by atoms with Gasteiger partial charge in [-0.2, -0.15) is 0 Å². The summed E-state index contributed by atoms with van der Waals surface area (Å²) in [6, 6.07) is 5.18. The standard InChI is InChI=1S/C11H17BrN2O2S/c1-9-5-4-6-10(11(9)12)17(15,16)14-8-3-2-7-13/h4-6,14H,2-3,7-8,13H2,1H3. The molecule has 0 amide bonds. The van der Waals surface area contributed by atoms with Gasteiger partial charge in [0.15, 0.2) is 0 Å². The first kappa shape index (κ1) is 14.6. The van der Waals surface area contributed by atoms with Gasteiger partial charge in [-0.3, -0.25) is 0 Å².